The van der Waals surface area contributed by atoms with E-state index in [1.54, 1.807) is 0 Å². The number of carbonyl (C=O) groups is 3. The summed E-state index contributed by atoms with van der Waals surface area (Å²) >= 11 is 0. The van der Waals surface area contributed by atoms with Crippen molar-refractivity contribution in [3.63, 3.8) is 0 Å². The second-order valence-electron chi connectivity index (χ2n) is 22.7. The summed E-state index contributed by atoms with van der Waals surface area (Å²) in [6, 6.07) is 0. The molecule has 6 heteroatoms. The van der Waals surface area contributed by atoms with E-state index in [-0.39, 0.29) is 37.5 Å². The third-order valence-corrected chi connectivity index (χ3v) is 14.7. The Morgan fingerprint density at radius 2 is 0.494 bits per heavy atom. The lowest BCUT2D eigenvalue weighted by Crippen LogP contribution is -2.30. The number of hydrogen-bond donors (Lipinski definition) is 0. The lowest BCUT2D eigenvalue weighted by molar-refractivity contribution is -0.167. The molecule has 81 heavy (non-hydrogen) atoms. The van der Waals surface area contributed by atoms with Gasteiger partial charge in [-0.1, -0.05) is 297 Å². The van der Waals surface area contributed by atoms with E-state index in [1.807, 2.05) is 0 Å². The summed E-state index contributed by atoms with van der Waals surface area (Å²) in [4.78, 5) is 38.4. The zero-order chi connectivity index (χ0) is 58.5. The molecule has 1 unspecified atom stereocenters. The number of hydrogen-bond acceptors (Lipinski definition) is 6. The topological polar surface area (TPSA) is 78.9 Å². The third-order valence-electron chi connectivity index (χ3n) is 14.7. The standard InChI is InChI=1S/C75H128O6/c1-4-7-10-13-16-19-22-25-28-31-33-35-37-39-41-44-47-50-53-56-59-62-65-68-74(77)80-71-72(70-79-73(76)67-64-61-58-55-52-49-46-43-30-27-24-21-18-15-12-9-6-3)81-75(78)69-66-63-60-57-54-51-48-45-42-40-38-36-34-32-29-26-23-20-17-14-11-8-5-2/h7,10,16,19,25,27-28,30,32-35,39,41,47,50,56,59,72H,4-6,8-9,11-15,17-18,20-24,26,29,31,36-38,40,42-46,48-49,51-55,57-58,60-71H2,1-3H3/b10-7-,19-16-,28-25-,30-27-,34-32-,35-33-,41-39-,50-47-,59-56-. The van der Waals surface area contributed by atoms with Crippen LogP contribution in [0.3, 0.4) is 0 Å². The van der Waals surface area contributed by atoms with Crippen LogP contribution in [0.4, 0.5) is 0 Å². The van der Waals surface area contributed by atoms with E-state index >= 15 is 0 Å². The van der Waals surface area contributed by atoms with Gasteiger partial charge in [0.05, 0.1) is 0 Å². The fraction of sp³-hybridized carbons (Fsp3) is 0.720. The summed E-state index contributed by atoms with van der Waals surface area (Å²) in [7, 11) is 0. The minimum absolute atomic E-state index is 0.0982. The van der Waals surface area contributed by atoms with E-state index in [4.69, 9.17) is 14.2 Å². The Bertz CT molecular complexity index is 1620. The van der Waals surface area contributed by atoms with Gasteiger partial charge in [-0.2, -0.15) is 0 Å². The first-order valence-electron chi connectivity index (χ1n) is 34.4. The summed E-state index contributed by atoms with van der Waals surface area (Å²) in [6.45, 7) is 6.50. The van der Waals surface area contributed by atoms with Crippen LogP contribution in [0, 0.1) is 0 Å². The zero-order valence-corrected chi connectivity index (χ0v) is 53.3. The van der Waals surface area contributed by atoms with Gasteiger partial charge in [0.15, 0.2) is 6.10 Å². The van der Waals surface area contributed by atoms with Crippen molar-refractivity contribution in [2.75, 3.05) is 13.2 Å². The molecule has 1 atom stereocenters. The lowest BCUT2D eigenvalue weighted by Gasteiger charge is -2.18. The first-order chi connectivity index (χ1) is 40.0. The molecule has 0 rings (SSSR count). The van der Waals surface area contributed by atoms with Gasteiger partial charge in [0.25, 0.3) is 0 Å². The molecule has 0 aliphatic heterocycles. The molecule has 0 spiro atoms. The Labute approximate surface area is 501 Å². The molecule has 6 nitrogen and oxygen atoms in total. The summed E-state index contributed by atoms with van der Waals surface area (Å²) in [5.74, 6) is -0.953. The normalized spacial score (nSPS) is 12.8. The van der Waals surface area contributed by atoms with Crippen LogP contribution < -0.4 is 0 Å². The minimum Gasteiger partial charge on any atom is -0.462 e. The van der Waals surface area contributed by atoms with E-state index in [9.17, 15) is 14.4 Å². The number of carbonyl (C=O) groups excluding carboxylic acids is 3. The number of rotatable bonds is 62. The van der Waals surface area contributed by atoms with E-state index in [2.05, 4.69) is 130 Å². The smallest absolute Gasteiger partial charge is 0.306 e. The van der Waals surface area contributed by atoms with Crippen LogP contribution in [0.15, 0.2) is 109 Å². The highest BCUT2D eigenvalue weighted by Gasteiger charge is 2.19. The number of ether oxygens (including phenoxy) is 3. The summed E-state index contributed by atoms with van der Waals surface area (Å²) < 4.78 is 16.9. The summed E-state index contributed by atoms with van der Waals surface area (Å²) in [5, 5.41) is 0. The molecule has 0 heterocycles. The second-order valence-corrected chi connectivity index (χ2v) is 22.7. The first-order valence-corrected chi connectivity index (χ1v) is 34.4. The summed E-state index contributed by atoms with van der Waals surface area (Å²) in [5.41, 5.74) is 0. The van der Waals surface area contributed by atoms with Crippen LogP contribution in [0.25, 0.3) is 0 Å². The molecule has 0 fully saturated rings. The first kappa shape index (κ1) is 77.1. The van der Waals surface area contributed by atoms with Crippen molar-refractivity contribution in [3.05, 3.63) is 109 Å². The molecule has 0 radical (unpaired) electrons. The highest BCUT2D eigenvalue weighted by atomic mass is 16.6. The molecule has 0 aromatic heterocycles. The van der Waals surface area contributed by atoms with Crippen LogP contribution in [0.1, 0.15) is 329 Å². The average Bonchev–Trinajstić information content (AvgIpc) is 3.47. The lowest BCUT2D eigenvalue weighted by atomic mass is 10.0. The molecule has 0 amide bonds. The fourth-order valence-electron chi connectivity index (χ4n) is 9.60. The molecule has 0 saturated carbocycles. The zero-order valence-electron chi connectivity index (χ0n) is 53.3. The molecule has 0 aromatic carbocycles. The van der Waals surface area contributed by atoms with Crippen LogP contribution in [0.2, 0.25) is 0 Å². The Morgan fingerprint density at radius 3 is 0.815 bits per heavy atom. The van der Waals surface area contributed by atoms with Gasteiger partial charge in [-0.3, -0.25) is 14.4 Å². The van der Waals surface area contributed by atoms with E-state index in [1.165, 1.54) is 193 Å². The van der Waals surface area contributed by atoms with Crippen molar-refractivity contribution in [3.8, 4) is 0 Å². The van der Waals surface area contributed by atoms with Crippen LogP contribution >= 0.6 is 0 Å². The molecule has 464 valence electrons. The van der Waals surface area contributed by atoms with Crippen molar-refractivity contribution in [1.29, 1.82) is 0 Å². The quantitative estimate of drug-likeness (QED) is 0.0261. The van der Waals surface area contributed by atoms with Gasteiger partial charge >= 0.3 is 17.9 Å². The molecular weight excluding hydrogens is 997 g/mol. The van der Waals surface area contributed by atoms with Gasteiger partial charge in [0.1, 0.15) is 13.2 Å². The van der Waals surface area contributed by atoms with E-state index < -0.39 is 6.10 Å². The number of esters is 3. The van der Waals surface area contributed by atoms with Gasteiger partial charge in [-0.15, -0.1) is 0 Å². The van der Waals surface area contributed by atoms with E-state index in [0.717, 1.165) is 89.9 Å². The maximum Gasteiger partial charge on any atom is 0.306 e. The average molecular weight is 1130 g/mol. The molecule has 0 aliphatic rings. The van der Waals surface area contributed by atoms with Crippen molar-refractivity contribution in [2.24, 2.45) is 0 Å². The SMILES string of the molecule is CC/C=C\C/C=C\C/C=C\C/C=C\C/C=C\C/C=C\C/C=C\CCCC(=O)OCC(COC(=O)CCCCCCCCC/C=C\CCCCCCCC)OC(=O)CCCCCCCCCCCCC/C=C\CCCCCCCCCC. The maximum absolute atomic E-state index is 13.0. The predicted octanol–water partition coefficient (Wildman–Crippen LogP) is 23.8. The monoisotopic (exact) mass is 1120 g/mol. The van der Waals surface area contributed by atoms with Crippen molar-refractivity contribution in [2.45, 2.75) is 335 Å². The van der Waals surface area contributed by atoms with Gasteiger partial charge in [0, 0.05) is 19.3 Å². The molecule has 0 N–H and O–H groups in total. The molecule has 0 aromatic rings. The molecular formula is C75H128O6. The van der Waals surface area contributed by atoms with Crippen LogP contribution in [-0.2, 0) is 28.6 Å². The number of allylic oxidation sites excluding steroid dienone is 18. The Hall–Kier alpha value is -3.93. The molecule has 0 bridgehead atoms. The Balaban J connectivity index is 4.46. The largest absolute Gasteiger partial charge is 0.462 e. The molecule has 0 saturated heterocycles. The van der Waals surface area contributed by atoms with Gasteiger partial charge in [-0.25, -0.2) is 0 Å². The van der Waals surface area contributed by atoms with E-state index in [0.29, 0.717) is 19.3 Å². The van der Waals surface area contributed by atoms with Gasteiger partial charge in [0.2, 0.25) is 0 Å². The van der Waals surface area contributed by atoms with Crippen molar-refractivity contribution in [1.82, 2.24) is 0 Å². The fourth-order valence-corrected chi connectivity index (χ4v) is 9.60. The second kappa shape index (κ2) is 68.6. The molecule has 0 aliphatic carbocycles. The van der Waals surface area contributed by atoms with Crippen molar-refractivity contribution >= 4 is 17.9 Å². The van der Waals surface area contributed by atoms with Crippen LogP contribution in [0.5, 0.6) is 0 Å². The summed E-state index contributed by atoms with van der Waals surface area (Å²) in [6.07, 6.45) is 93.9. The predicted molar refractivity (Wildman–Crippen MR) is 353 cm³/mol. The third kappa shape index (κ3) is 66.8. The minimum atomic E-state index is -0.807. The highest BCUT2D eigenvalue weighted by Crippen LogP contribution is 2.16. The van der Waals surface area contributed by atoms with Crippen molar-refractivity contribution < 1.29 is 28.6 Å². The Morgan fingerprint density at radius 1 is 0.259 bits per heavy atom. The Kier molecular flexibility index (Phi) is 65.2. The number of unbranched alkanes of at least 4 members (excludes halogenated alkanes) is 33. The van der Waals surface area contributed by atoms with Gasteiger partial charge < -0.3 is 14.2 Å². The van der Waals surface area contributed by atoms with Gasteiger partial charge in [-0.05, 0) is 122 Å². The van der Waals surface area contributed by atoms with Crippen LogP contribution in [-0.4, -0.2) is 37.2 Å². The highest BCUT2D eigenvalue weighted by molar-refractivity contribution is 5.71. The maximum atomic E-state index is 13.0.